The van der Waals surface area contributed by atoms with Gasteiger partial charge in [0.2, 0.25) is 5.95 Å². The summed E-state index contributed by atoms with van der Waals surface area (Å²) < 4.78 is 5.71. The smallest absolute Gasteiger partial charge is 0.228 e. The molecule has 2 N–H and O–H groups in total. The van der Waals surface area contributed by atoms with Crippen LogP contribution in [0.5, 0.6) is 0 Å². The Morgan fingerprint density at radius 2 is 1.97 bits per heavy atom. The van der Waals surface area contributed by atoms with Crippen LogP contribution in [-0.4, -0.2) is 41.8 Å². The van der Waals surface area contributed by atoms with Crippen molar-refractivity contribution < 1.29 is 4.52 Å². The Hall–Kier alpha value is -3.82. The van der Waals surface area contributed by atoms with Crippen molar-refractivity contribution in [2.24, 2.45) is 0 Å². The Kier molecular flexibility index (Phi) is 4.97. The summed E-state index contributed by atoms with van der Waals surface area (Å²) in [4.78, 5) is 20.4. The van der Waals surface area contributed by atoms with Gasteiger partial charge < -0.3 is 14.7 Å². The molecule has 1 saturated carbocycles. The Morgan fingerprint density at radius 3 is 2.79 bits per heavy atom. The van der Waals surface area contributed by atoms with Gasteiger partial charge in [-0.3, -0.25) is 5.10 Å². The summed E-state index contributed by atoms with van der Waals surface area (Å²) in [6, 6.07) is 7.78. The van der Waals surface area contributed by atoms with E-state index in [0.29, 0.717) is 23.4 Å². The lowest BCUT2D eigenvalue weighted by Crippen LogP contribution is -2.25. The number of nitrogens with zero attached hydrogens (tertiary/aromatic N) is 7. The lowest BCUT2D eigenvalue weighted by Gasteiger charge is -2.23. The largest absolute Gasteiger partial charge is 0.358 e. The second-order valence-electron chi connectivity index (χ2n) is 8.54. The highest BCUT2D eigenvalue weighted by Crippen LogP contribution is 2.40. The van der Waals surface area contributed by atoms with Crippen molar-refractivity contribution in [2.75, 3.05) is 16.8 Å². The average molecular weight is 444 g/mol. The first-order chi connectivity index (χ1) is 16.3. The van der Waals surface area contributed by atoms with Gasteiger partial charge >= 0.3 is 0 Å². The molecule has 1 unspecified atom stereocenters. The van der Waals surface area contributed by atoms with Crippen LogP contribution in [0, 0.1) is 0 Å². The first-order valence-corrected chi connectivity index (χ1v) is 11.5. The van der Waals surface area contributed by atoms with Crippen LogP contribution in [0.4, 0.5) is 17.6 Å². The molecule has 1 atom stereocenters. The standard InChI is InChI=1S/C23H25N9O/c1-2-15-11-20(27-21-13-16(29-30-21)14-6-7-14)28-23(26-15)32-10-3-5-18(32)19-12-17(31-33-19)22-24-8-4-9-25-22/h4,8-9,11-14,18H,2-3,5-7,10H2,1H3,(H2,26,27,28,29,30). The first kappa shape index (κ1) is 19.8. The van der Waals surface area contributed by atoms with Gasteiger partial charge in [0.05, 0.1) is 6.04 Å². The van der Waals surface area contributed by atoms with Crippen molar-refractivity contribution in [3.63, 3.8) is 0 Å². The van der Waals surface area contributed by atoms with E-state index in [1.807, 2.05) is 12.1 Å². The van der Waals surface area contributed by atoms with Gasteiger partial charge in [-0.25, -0.2) is 15.0 Å². The van der Waals surface area contributed by atoms with Gasteiger partial charge in [0.15, 0.2) is 23.1 Å². The molecule has 6 rings (SSSR count). The van der Waals surface area contributed by atoms with Crippen molar-refractivity contribution in [1.82, 2.24) is 35.3 Å². The summed E-state index contributed by atoms with van der Waals surface area (Å²) in [6.45, 7) is 2.95. The van der Waals surface area contributed by atoms with E-state index in [4.69, 9.17) is 14.5 Å². The van der Waals surface area contributed by atoms with E-state index in [0.717, 1.165) is 48.9 Å². The van der Waals surface area contributed by atoms with Gasteiger partial charge in [-0.05, 0) is 38.2 Å². The molecule has 33 heavy (non-hydrogen) atoms. The normalized spacial score (nSPS) is 18.1. The zero-order valence-electron chi connectivity index (χ0n) is 18.4. The third-order valence-corrected chi connectivity index (χ3v) is 6.16. The Labute approximate surface area is 190 Å². The fourth-order valence-corrected chi connectivity index (χ4v) is 4.28. The van der Waals surface area contributed by atoms with E-state index >= 15 is 0 Å². The SMILES string of the molecule is CCc1cc(Nc2cc(C3CC3)[nH]n2)nc(N2CCCC2c2cc(-c3ncccn3)no2)n1. The molecular formula is C23H25N9O. The highest BCUT2D eigenvalue weighted by atomic mass is 16.5. The minimum absolute atomic E-state index is 0.0155. The van der Waals surface area contributed by atoms with Crippen LogP contribution >= 0.6 is 0 Å². The predicted octanol–water partition coefficient (Wildman–Crippen LogP) is 4.17. The highest BCUT2D eigenvalue weighted by molar-refractivity contribution is 5.56. The van der Waals surface area contributed by atoms with Crippen molar-refractivity contribution in [2.45, 2.75) is 51.0 Å². The molecule has 1 aliphatic heterocycles. The topological polar surface area (TPSA) is 122 Å². The number of nitrogens with one attached hydrogen (secondary N) is 2. The number of hydrogen-bond donors (Lipinski definition) is 2. The lowest BCUT2D eigenvalue weighted by atomic mass is 10.1. The second kappa shape index (κ2) is 8.27. The number of rotatable bonds is 7. The molecular weight excluding hydrogens is 418 g/mol. The molecule has 0 amide bonds. The monoisotopic (exact) mass is 443 g/mol. The fraction of sp³-hybridized carbons (Fsp3) is 0.391. The molecule has 4 aromatic heterocycles. The zero-order chi connectivity index (χ0) is 22.2. The van der Waals surface area contributed by atoms with E-state index in [9.17, 15) is 0 Å². The number of aromatic amines is 1. The molecule has 0 aromatic carbocycles. The van der Waals surface area contributed by atoms with E-state index in [-0.39, 0.29) is 6.04 Å². The van der Waals surface area contributed by atoms with Gasteiger partial charge in [-0.2, -0.15) is 10.1 Å². The summed E-state index contributed by atoms with van der Waals surface area (Å²) in [5.41, 5.74) is 2.79. The molecule has 10 nitrogen and oxygen atoms in total. The minimum Gasteiger partial charge on any atom is -0.358 e. The molecule has 2 fully saturated rings. The summed E-state index contributed by atoms with van der Waals surface area (Å²) in [5.74, 6) is 4.16. The minimum atomic E-state index is 0.0155. The maximum atomic E-state index is 5.71. The number of aryl methyl sites for hydroxylation is 1. The number of H-pyrrole nitrogens is 1. The maximum absolute atomic E-state index is 5.71. The molecule has 0 spiro atoms. The quantitative estimate of drug-likeness (QED) is 0.433. The van der Waals surface area contributed by atoms with Gasteiger partial charge in [0.25, 0.3) is 0 Å². The van der Waals surface area contributed by atoms with Crippen LogP contribution in [0.3, 0.4) is 0 Å². The van der Waals surface area contributed by atoms with E-state index in [1.165, 1.54) is 18.5 Å². The number of hydrogen-bond acceptors (Lipinski definition) is 9. The maximum Gasteiger partial charge on any atom is 0.228 e. The first-order valence-electron chi connectivity index (χ1n) is 11.5. The van der Waals surface area contributed by atoms with Crippen molar-refractivity contribution >= 4 is 17.6 Å². The van der Waals surface area contributed by atoms with Crippen molar-refractivity contribution in [3.8, 4) is 11.5 Å². The third kappa shape index (κ3) is 4.04. The van der Waals surface area contributed by atoms with E-state index < -0.39 is 0 Å². The van der Waals surface area contributed by atoms with Crippen LogP contribution in [0.2, 0.25) is 0 Å². The van der Waals surface area contributed by atoms with Gasteiger partial charge in [-0.15, -0.1) is 0 Å². The molecule has 10 heteroatoms. The Morgan fingerprint density at radius 1 is 1.09 bits per heavy atom. The van der Waals surface area contributed by atoms with E-state index in [1.54, 1.807) is 18.5 Å². The lowest BCUT2D eigenvalue weighted by molar-refractivity contribution is 0.362. The summed E-state index contributed by atoms with van der Waals surface area (Å²) in [5, 5.41) is 15.1. The molecule has 168 valence electrons. The summed E-state index contributed by atoms with van der Waals surface area (Å²) in [6.07, 6.45) is 8.64. The molecule has 1 saturated heterocycles. The molecule has 1 aliphatic carbocycles. The van der Waals surface area contributed by atoms with Crippen LogP contribution in [0.25, 0.3) is 11.5 Å². The predicted molar refractivity (Wildman–Crippen MR) is 122 cm³/mol. The fourth-order valence-electron chi connectivity index (χ4n) is 4.28. The van der Waals surface area contributed by atoms with Crippen molar-refractivity contribution in [3.05, 3.63) is 53.8 Å². The molecule has 2 aliphatic rings. The Bertz CT molecular complexity index is 1250. The third-order valence-electron chi connectivity index (χ3n) is 6.16. The number of aromatic nitrogens is 7. The summed E-state index contributed by atoms with van der Waals surface area (Å²) in [7, 11) is 0. The molecule has 4 aromatic rings. The molecule has 0 radical (unpaired) electrons. The van der Waals surface area contributed by atoms with E-state index in [2.05, 4.69) is 48.5 Å². The number of anilines is 3. The van der Waals surface area contributed by atoms with Crippen LogP contribution in [-0.2, 0) is 6.42 Å². The molecule has 5 heterocycles. The second-order valence-corrected chi connectivity index (χ2v) is 8.54. The summed E-state index contributed by atoms with van der Waals surface area (Å²) >= 11 is 0. The van der Waals surface area contributed by atoms with Crippen molar-refractivity contribution in [1.29, 1.82) is 0 Å². The van der Waals surface area contributed by atoms with Gasteiger partial charge in [-0.1, -0.05) is 12.1 Å². The average Bonchev–Trinajstić information content (AvgIpc) is 3.23. The Balaban J connectivity index is 1.27. The van der Waals surface area contributed by atoms with Crippen LogP contribution < -0.4 is 10.2 Å². The van der Waals surface area contributed by atoms with Gasteiger partial charge in [0.1, 0.15) is 5.82 Å². The highest BCUT2D eigenvalue weighted by Gasteiger charge is 2.32. The van der Waals surface area contributed by atoms with Crippen LogP contribution in [0.1, 0.15) is 61.7 Å². The zero-order valence-corrected chi connectivity index (χ0v) is 18.4. The molecule has 0 bridgehead atoms. The van der Waals surface area contributed by atoms with Gasteiger partial charge in [0, 0.05) is 54.4 Å². The van der Waals surface area contributed by atoms with Crippen LogP contribution in [0.15, 0.2) is 41.2 Å².